The van der Waals surface area contributed by atoms with Crippen molar-refractivity contribution in [3.63, 3.8) is 0 Å². The molecule has 3 aromatic rings. The number of halogens is 3. The lowest BCUT2D eigenvalue weighted by Gasteiger charge is -2.40. The molecule has 1 unspecified atom stereocenters. The van der Waals surface area contributed by atoms with Crippen molar-refractivity contribution in [3.05, 3.63) is 105 Å². The molecule has 1 aliphatic carbocycles. The summed E-state index contributed by atoms with van der Waals surface area (Å²) < 4.78 is 6.65. The van der Waals surface area contributed by atoms with Crippen LogP contribution in [-0.4, -0.2) is 34.2 Å². The van der Waals surface area contributed by atoms with Crippen molar-refractivity contribution in [2.24, 2.45) is 5.41 Å². The number of fused-ring (bicyclic) bond motifs is 1. The van der Waals surface area contributed by atoms with Gasteiger partial charge < -0.3 is 14.9 Å². The SMILES string of the molecule is CC(C)(O)c1ccc2c(c1)C(=O)N(Cc1ccc(C#CSP(I)I)cc1)C2(OCC1(CO)CC1)c1ccc(Cl)cc1. The van der Waals surface area contributed by atoms with Gasteiger partial charge in [0.15, 0.2) is 5.72 Å². The van der Waals surface area contributed by atoms with E-state index in [1.165, 1.54) is 0 Å². The number of hydrogen-bond acceptors (Lipinski definition) is 5. The van der Waals surface area contributed by atoms with E-state index in [-0.39, 0.29) is 26.9 Å². The van der Waals surface area contributed by atoms with Gasteiger partial charge in [-0.15, -0.1) is 0 Å². The van der Waals surface area contributed by atoms with Gasteiger partial charge in [0.05, 0.1) is 21.2 Å². The van der Waals surface area contributed by atoms with Gasteiger partial charge in [-0.1, -0.05) is 53.9 Å². The summed E-state index contributed by atoms with van der Waals surface area (Å²) in [5.74, 6) is 3.00. The zero-order chi connectivity index (χ0) is 29.4. The fraction of sp³-hybridized carbons (Fsp3) is 0.323. The lowest BCUT2D eigenvalue weighted by Crippen LogP contribution is -2.47. The maximum Gasteiger partial charge on any atom is 0.257 e. The van der Waals surface area contributed by atoms with Gasteiger partial charge in [0.2, 0.25) is 0 Å². The zero-order valence-electron chi connectivity index (χ0n) is 22.5. The first kappa shape index (κ1) is 31.5. The third-order valence-electron chi connectivity index (χ3n) is 7.67. The number of carbonyl (C=O) groups excluding carboxylic acids is 1. The van der Waals surface area contributed by atoms with Gasteiger partial charge in [0.25, 0.3) is 5.91 Å². The minimum absolute atomic E-state index is 0.0277. The molecule has 1 atom stereocenters. The van der Waals surface area contributed by atoms with E-state index in [0.29, 0.717) is 28.3 Å². The van der Waals surface area contributed by atoms with Crippen LogP contribution >= 0.6 is 69.5 Å². The maximum absolute atomic E-state index is 14.3. The molecule has 10 heteroatoms. The Morgan fingerprint density at radius 2 is 1.78 bits per heavy atom. The Balaban J connectivity index is 1.60. The summed E-state index contributed by atoms with van der Waals surface area (Å²) in [5.41, 5.74) is 1.79. The topological polar surface area (TPSA) is 70.0 Å². The minimum Gasteiger partial charge on any atom is -0.396 e. The van der Waals surface area contributed by atoms with E-state index in [0.717, 1.165) is 29.5 Å². The average Bonchev–Trinajstić information content (AvgIpc) is 3.69. The zero-order valence-corrected chi connectivity index (χ0v) is 29.3. The van der Waals surface area contributed by atoms with E-state index in [2.05, 4.69) is 55.3 Å². The van der Waals surface area contributed by atoms with Gasteiger partial charge in [-0.3, -0.25) is 9.69 Å². The van der Waals surface area contributed by atoms with Crippen LogP contribution in [-0.2, 0) is 22.6 Å². The summed E-state index contributed by atoms with van der Waals surface area (Å²) in [4.78, 5) is 16.0. The van der Waals surface area contributed by atoms with Crippen LogP contribution < -0.4 is 0 Å². The van der Waals surface area contributed by atoms with E-state index in [4.69, 9.17) is 16.3 Å². The van der Waals surface area contributed by atoms with Crippen LogP contribution in [0.2, 0.25) is 5.02 Å². The Bertz CT molecular complexity index is 1500. The molecule has 1 amide bonds. The highest BCUT2D eigenvalue weighted by Crippen LogP contribution is 2.64. The molecule has 0 radical (unpaired) electrons. The maximum atomic E-state index is 14.3. The second-order valence-electron chi connectivity index (χ2n) is 11.0. The van der Waals surface area contributed by atoms with Crippen molar-refractivity contribution in [1.29, 1.82) is 0 Å². The fourth-order valence-corrected chi connectivity index (χ4v) is 7.49. The van der Waals surface area contributed by atoms with Gasteiger partial charge in [0.1, 0.15) is 0 Å². The molecule has 1 fully saturated rings. The highest BCUT2D eigenvalue weighted by molar-refractivity contribution is 14.3. The second-order valence-corrected chi connectivity index (χ2v) is 29.2. The molecule has 1 heterocycles. The standard InChI is InChI=1S/C31H29ClI2NO4PS/c1-29(2,38)24-9-12-27-26(17-24)28(37)35(18-22-5-3-21(4-6-22)13-16-41-40(33)34)31(27,23-7-10-25(32)11-8-23)39-20-30(19-36)14-15-30/h3-12,17,36,38H,14-15,18-20H2,1-2H3. The fourth-order valence-electron chi connectivity index (χ4n) is 5.02. The molecule has 1 aliphatic heterocycles. The molecular weight excluding hydrogens is 803 g/mol. The van der Waals surface area contributed by atoms with Crippen LogP contribution in [0.3, 0.4) is 0 Å². The predicted molar refractivity (Wildman–Crippen MR) is 184 cm³/mol. The number of rotatable bonds is 9. The van der Waals surface area contributed by atoms with Crippen LogP contribution in [0.15, 0.2) is 66.7 Å². The Morgan fingerprint density at radius 1 is 1.10 bits per heavy atom. The van der Waals surface area contributed by atoms with Crippen LogP contribution in [0.5, 0.6) is 0 Å². The summed E-state index contributed by atoms with van der Waals surface area (Å²) in [6.07, 6.45) is 1.74. The predicted octanol–water partition coefficient (Wildman–Crippen LogP) is 8.35. The first-order chi connectivity index (χ1) is 19.5. The minimum atomic E-state index is -1.24. The van der Waals surface area contributed by atoms with Crippen molar-refractivity contribution in [1.82, 2.24) is 4.90 Å². The summed E-state index contributed by atoms with van der Waals surface area (Å²) in [5, 5.41) is 24.6. The summed E-state index contributed by atoms with van der Waals surface area (Å²) >= 11 is 12.7. The van der Waals surface area contributed by atoms with Crippen LogP contribution in [0.4, 0.5) is 0 Å². The molecule has 0 bridgehead atoms. The van der Waals surface area contributed by atoms with Crippen molar-refractivity contribution < 1.29 is 19.7 Å². The van der Waals surface area contributed by atoms with Crippen molar-refractivity contribution in [2.45, 2.75) is 44.6 Å². The van der Waals surface area contributed by atoms with Gasteiger partial charge >= 0.3 is 0 Å². The molecule has 214 valence electrons. The third-order valence-corrected chi connectivity index (χ3v) is 12.5. The second kappa shape index (κ2) is 12.6. The number of carbonyl (C=O) groups is 1. The van der Waals surface area contributed by atoms with Gasteiger partial charge in [-0.05, 0) is 129 Å². The van der Waals surface area contributed by atoms with Crippen LogP contribution in [0.25, 0.3) is 0 Å². The molecular formula is C31H29ClI2NO4PS. The molecule has 3 aromatic carbocycles. The van der Waals surface area contributed by atoms with Gasteiger partial charge in [-0.2, -0.15) is 0 Å². The van der Waals surface area contributed by atoms with Crippen molar-refractivity contribution in [3.8, 4) is 11.2 Å². The number of aliphatic hydroxyl groups excluding tert-OH is 1. The number of nitrogens with zero attached hydrogens (tertiary/aromatic N) is 1. The van der Waals surface area contributed by atoms with Crippen LogP contribution in [0, 0.1) is 16.6 Å². The quantitative estimate of drug-likeness (QED) is 0.129. The molecule has 2 N–H and O–H groups in total. The lowest BCUT2D eigenvalue weighted by atomic mass is 9.89. The van der Waals surface area contributed by atoms with Crippen molar-refractivity contribution >= 4 is 75.4 Å². The summed E-state index contributed by atoms with van der Waals surface area (Å²) in [6.45, 7) is 4.02. The molecule has 5 nitrogen and oxygen atoms in total. The third kappa shape index (κ3) is 6.78. The molecule has 2 aliphatic rings. The van der Waals surface area contributed by atoms with E-state index in [9.17, 15) is 15.0 Å². The normalized spacial score (nSPS) is 19.2. The van der Waals surface area contributed by atoms with E-state index in [1.807, 2.05) is 48.5 Å². The Labute approximate surface area is 277 Å². The highest BCUT2D eigenvalue weighted by Gasteiger charge is 2.55. The average molecular weight is 832 g/mol. The number of benzene rings is 3. The molecule has 5 rings (SSSR count). The van der Waals surface area contributed by atoms with E-state index in [1.54, 1.807) is 48.3 Å². The number of hydrogen-bond donors (Lipinski definition) is 2. The van der Waals surface area contributed by atoms with Crippen molar-refractivity contribution in [2.75, 3.05) is 13.2 Å². The van der Waals surface area contributed by atoms with E-state index >= 15 is 0 Å². The Hall–Kier alpha value is -0.900. The van der Waals surface area contributed by atoms with Crippen LogP contribution in [0.1, 0.15) is 64.9 Å². The first-order valence-electron chi connectivity index (χ1n) is 13.1. The lowest BCUT2D eigenvalue weighted by molar-refractivity contribution is -0.128. The Kier molecular flexibility index (Phi) is 9.69. The van der Waals surface area contributed by atoms with Gasteiger partial charge in [-0.25, -0.2) is 0 Å². The van der Waals surface area contributed by atoms with E-state index < -0.39 is 11.3 Å². The highest BCUT2D eigenvalue weighted by atomic mass is 127. The summed E-state index contributed by atoms with van der Waals surface area (Å²) in [6, 6.07) is 20.8. The number of amides is 1. The summed E-state index contributed by atoms with van der Waals surface area (Å²) in [7, 11) is 0. The molecule has 41 heavy (non-hydrogen) atoms. The molecule has 0 saturated heterocycles. The first-order valence-corrected chi connectivity index (χ1v) is 21.8. The number of ether oxygens (including phenoxy) is 1. The molecule has 0 aromatic heterocycles. The largest absolute Gasteiger partial charge is 0.396 e. The molecule has 1 saturated carbocycles. The smallest absolute Gasteiger partial charge is 0.257 e. The Morgan fingerprint density at radius 3 is 2.37 bits per heavy atom. The molecule has 0 spiro atoms. The van der Waals surface area contributed by atoms with Gasteiger partial charge in [0, 0.05) is 39.2 Å². The number of aliphatic hydroxyl groups is 2. The monoisotopic (exact) mass is 831 g/mol.